The Balaban J connectivity index is 1.60. The van der Waals surface area contributed by atoms with Crippen LogP contribution in [-0.2, 0) is 4.74 Å². The number of ether oxygens (including phenoxy) is 1. The normalized spacial score (nSPS) is 26.7. The van der Waals surface area contributed by atoms with Crippen LogP contribution in [0.4, 0.5) is 14.5 Å². The highest BCUT2D eigenvalue weighted by molar-refractivity contribution is 5.92. The van der Waals surface area contributed by atoms with Gasteiger partial charge in [-0.1, -0.05) is 0 Å². The molecule has 2 fully saturated rings. The van der Waals surface area contributed by atoms with Crippen LogP contribution in [0.5, 0.6) is 0 Å². The van der Waals surface area contributed by atoms with E-state index in [-0.39, 0.29) is 23.0 Å². The maximum Gasteiger partial charge on any atom is 0.193 e. The first-order valence-corrected chi connectivity index (χ1v) is 8.28. The molecule has 2 aliphatic rings. The molecule has 1 aromatic carbocycles. The molecule has 1 aliphatic heterocycles. The van der Waals surface area contributed by atoms with Crippen LogP contribution in [0, 0.1) is 23.0 Å². The number of aliphatic hydroxyl groups excluding tert-OH is 1. The summed E-state index contributed by atoms with van der Waals surface area (Å²) in [6.07, 6.45) is 3.16. The average Bonchev–Trinajstić information content (AvgIpc) is 2.86. The third-order valence-corrected chi connectivity index (χ3v) is 5.26. The molecule has 1 saturated heterocycles. The SMILES string of the molecule is NC(=NCC1CCC2(CCOCC2)C1O)Nc1cc(F)ccc1F. The van der Waals surface area contributed by atoms with Crippen LogP contribution in [0.2, 0.25) is 0 Å². The predicted octanol–water partition coefficient (Wildman–Crippen LogP) is 2.26. The molecular formula is C17H23F2N3O2. The Hall–Kier alpha value is -1.73. The highest BCUT2D eigenvalue weighted by Gasteiger charge is 2.47. The van der Waals surface area contributed by atoms with Crippen LogP contribution in [0.15, 0.2) is 23.2 Å². The summed E-state index contributed by atoms with van der Waals surface area (Å²) < 4.78 is 32.1. The van der Waals surface area contributed by atoms with Gasteiger partial charge in [0.05, 0.1) is 11.8 Å². The molecule has 2 atom stereocenters. The second-order valence-electron chi connectivity index (χ2n) is 6.69. The van der Waals surface area contributed by atoms with E-state index in [0.717, 1.165) is 43.9 Å². The van der Waals surface area contributed by atoms with Crippen molar-refractivity contribution in [3.05, 3.63) is 29.8 Å². The van der Waals surface area contributed by atoms with Crippen molar-refractivity contribution in [2.24, 2.45) is 22.1 Å². The Bertz CT molecular complexity index is 618. The van der Waals surface area contributed by atoms with Crippen LogP contribution >= 0.6 is 0 Å². The predicted molar refractivity (Wildman–Crippen MR) is 87.7 cm³/mol. The molecule has 2 unspecified atom stereocenters. The Morgan fingerprint density at radius 3 is 2.83 bits per heavy atom. The van der Waals surface area contributed by atoms with Crippen molar-refractivity contribution in [2.45, 2.75) is 31.8 Å². The third-order valence-electron chi connectivity index (χ3n) is 5.26. The first-order valence-electron chi connectivity index (χ1n) is 8.28. The Morgan fingerprint density at radius 2 is 2.08 bits per heavy atom. The fourth-order valence-corrected chi connectivity index (χ4v) is 3.78. The van der Waals surface area contributed by atoms with E-state index in [9.17, 15) is 13.9 Å². The van der Waals surface area contributed by atoms with Crippen LogP contribution < -0.4 is 11.1 Å². The summed E-state index contributed by atoms with van der Waals surface area (Å²) in [4.78, 5) is 4.20. The molecule has 5 nitrogen and oxygen atoms in total. The topological polar surface area (TPSA) is 79.9 Å². The number of nitrogens with one attached hydrogen (secondary N) is 1. The van der Waals surface area contributed by atoms with Crippen molar-refractivity contribution in [2.75, 3.05) is 25.1 Å². The maximum absolute atomic E-state index is 13.6. The van der Waals surface area contributed by atoms with Gasteiger partial charge in [-0.15, -0.1) is 0 Å². The zero-order valence-electron chi connectivity index (χ0n) is 13.5. The number of nitrogens with zero attached hydrogens (tertiary/aromatic N) is 1. The number of anilines is 1. The molecular weight excluding hydrogens is 316 g/mol. The lowest BCUT2D eigenvalue weighted by atomic mass is 9.76. The number of halogens is 2. The highest BCUT2D eigenvalue weighted by atomic mass is 19.1. The van der Waals surface area contributed by atoms with Gasteiger partial charge in [0.25, 0.3) is 0 Å². The third kappa shape index (κ3) is 3.52. The number of rotatable bonds is 3. The summed E-state index contributed by atoms with van der Waals surface area (Å²) in [7, 11) is 0. The van der Waals surface area contributed by atoms with Gasteiger partial charge in [-0.3, -0.25) is 4.99 Å². The van der Waals surface area contributed by atoms with Gasteiger partial charge < -0.3 is 20.9 Å². The summed E-state index contributed by atoms with van der Waals surface area (Å²) >= 11 is 0. The molecule has 1 aromatic rings. The molecule has 24 heavy (non-hydrogen) atoms. The number of nitrogens with two attached hydrogens (primary N) is 1. The van der Waals surface area contributed by atoms with E-state index < -0.39 is 17.7 Å². The molecule has 132 valence electrons. The van der Waals surface area contributed by atoms with E-state index in [0.29, 0.717) is 19.8 Å². The molecule has 0 aromatic heterocycles. The second kappa shape index (κ2) is 7.03. The largest absolute Gasteiger partial charge is 0.392 e. The van der Waals surface area contributed by atoms with E-state index in [4.69, 9.17) is 10.5 Å². The molecule has 7 heteroatoms. The lowest BCUT2D eigenvalue weighted by molar-refractivity contribution is -0.0548. The molecule has 1 spiro atoms. The summed E-state index contributed by atoms with van der Waals surface area (Å²) in [5, 5.41) is 13.2. The maximum atomic E-state index is 13.6. The molecule has 3 rings (SSSR count). The first kappa shape index (κ1) is 17.1. The van der Waals surface area contributed by atoms with E-state index in [2.05, 4.69) is 10.3 Å². The molecule has 4 N–H and O–H groups in total. The van der Waals surface area contributed by atoms with Crippen molar-refractivity contribution < 1.29 is 18.6 Å². The van der Waals surface area contributed by atoms with Crippen molar-refractivity contribution in [3.63, 3.8) is 0 Å². The molecule has 0 radical (unpaired) electrons. The van der Waals surface area contributed by atoms with E-state index in [1.54, 1.807) is 0 Å². The molecule has 1 saturated carbocycles. The van der Waals surface area contributed by atoms with Crippen molar-refractivity contribution in [1.29, 1.82) is 0 Å². The van der Waals surface area contributed by atoms with Crippen molar-refractivity contribution >= 4 is 11.6 Å². The standard InChI is InChI=1S/C17H23F2N3O2/c18-12-1-2-13(19)14(9-12)22-16(20)21-10-11-3-4-17(15(11)23)5-7-24-8-6-17/h1-2,9,11,15,23H,3-8,10H2,(H3,20,21,22). The Morgan fingerprint density at radius 1 is 1.33 bits per heavy atom. The molecule has 0 bridgehead atoms. The fourth-order valence-electron chi connectivity index (χ4n) is 3.78. The van der Waals surface area contributed by atoms with Gasteiger partial charge in [0.2, 0.25) is 0 Å². The summed E-state index contributed by atoms with van der Waals surface area (Å²) in [5.74, 6) is -1.11. The summed E-state index contributed by atoms with van der Waals surface area (Å²) in [6.45, 7) is 1.74. The van der Waals surface area contributed by atoms with Crippen molar-refractivity contribution in [3.8, 4) is 0 Å². The zero-order chi connectivity index (χ0) is 17.2. The Kier molecular flexibility index (Phi) is 5.01. The van der Waals surface area contributed by atoms with Crippen LogP contribution in [0.25, 0.3) is 0 Å². The number of aliphatic hydroxyl groups is 1. The van der Waals surface area contributed by atoms with Gasteiger partial charge in [0.15, 0.2) is 5.96 Å². The van der Waals surface area contributed by atoms with Crippen molar-refractivity contribution in [1.82, 2.24) is 0 Å². The Labute approximate surface area is 139 Å². The monoisotopic (exact) mass is 339 g/mol. The number of hydrogen-bond donors (Lipinski definition) is 3. The lowest BCUT2D eigenvalue weighted by Gasteiger charge is -2.37. The van der Waals surface area contributed by atoms with Gasteiger partial charge >= 0.3 is 0 Å². The minimum absolute atomic E-state index is 0.0135. The number of benzene rings is 1. The molecule has 0 amide bonds. The smallest absolute Gasteiger partial charge is 0.193 e. The molecule has 1 aliphatic carbocycles. The minimum atomic E-state index is -0.600. The summed E-state index contributed by atoms with van der Waals surface area (Å²) in [6, 6.07) is 3.09. The van der Waals surface area contributed by atoms with Gasteiger partial charge in [-0.25, -0.2) is 8.78 Å². The molecule has 1 heterocycles. The van der Waals surface area contributed by atoms with E-state index >= 15 is 0 Å². The fraction of sp³-hybridized carbons (Fsp3) is 0.588. The summed E-state index contributed by atoms with van der Waals surface area (Å²) in [5.41, 5.74) is 5.65. The second-order valence-corrected chi connectivity index (χ2v) is 6.69. The van der Waals surface area contributed by atoms with Gasteiger partial charge in [-0.2, -0.15) is 0 Å². The average molecular weight is 339 g/mol. The highest BCUT2D eigenvalue weighted by Crippen LogP contribution is 2.48. The van der Waals surface area contributed by atoms with Gasteiger partial charge in [-0.05, 0) is 37.8 Å². The number of aliphatic imine (C=N–C) groups is 1. The van der Waals surface area contributed by atoms with Gasteiger partial charge in [0.1, 0.15) is 11.6 Å². The van der Waals surface area contributed by atoms with E-state index in [1.807, 2.05) is 0 Å². The first-order chi connectivity index (χ1) is 11.5. The van der Waals surface area contributed by atoms with Crippen LogP contribution in [0.1, 0.15) is 25.7 Å². The number of guanidine groups is 1. The lowest BCUT2D eigenvalue weighted by Crippen LogP contribution is -2.39. The van der Waals surface area contributed by atoms with Crippen LogP contribution in [0.3, 0.4) is 0 Å². The zero-order valence-corrected chi connectivity index (χ0v) is 13.5. The number of hydrogen-bond acceptors (Lipinski definition) is 3. The van der Waals surface area contributed by atoms with Gasteiger partial charge in [0, 0.05) is 37.2 Å². The minimum Gasteiger partial charge on any atom is -0.392 e. The van der Waals surface area contributed by atoms with Crippen LogP contribution in [-0.4, -0.2) is 36.9 Å². The van der Waals surface area contributed by atoms with E-state index in [1.165, 1.54) is 0 Å². The quantitative estimate of drug-likeness (QED) is 0.583.